The summed E-state index contributed by atoms with van der Waals surface area (Å²) in [6.07, 6.45) is 0.689. The molecule has 1 N–H and O–H groups in total. The van der Waals surface area contributed by atoms with Crippen LogP contribution in [0.25, 0.3) is 0 Å². The lowest BCUT2D eigenvalue weighted by Crippen LogP contribution is -2.49. The second-order valence-electron chi connectivity index (χ2n) is 6.74. The molecule has 0 amide bonds. The van der Waals surface area contributed by atoms with Crippen LogP contribution in [0, 0.1) is 15.9 Å². The van der Waals surface area contributed by atoms with Gasteiger partial charge in [-0.2, -0.15) is 4.31 Å². The number of hydrogen-bond acceptors (Lipinski definition) is 6. The van der Waals surface area contributed by atoms with Gasteiger partial charge in [-0.05, 0) is 30.7 Å². The van der Waals surface area contributed by atoms with Gasteiger partial charge in [-0.1, -0.05) is 6.07 Å². The molecular formula is C18H19FN4O4S. The second-order valence-corrected chi connectivity index (χ2v) is 8.68. The first-order chi connectivity index (χ1) is 13.4. The quantitative estimate of drug-likeness (QED) is 0.618. The van der Waals surface area contributed by atoms with Crippen molar-refractivity contribution < 1.29 is 17.7 Å². The summed E-state index contributed by atoms with van der Waals surface area (Å²) >= 11 is 0. The minimum absolute atomic E-state index is 0.0314. The average molecular weight is 406 g/mol. The topological polar surface area (TPSA) is 95.8 Å². The molecule has 0 aliphatic carbocycles. The van der Waals surface area contributed by atoms with Crippen molar-refractivity contribution >= 4 is 27.1 Å². The van der Waals surface area contributed by atoms with Crippen LogP contribution in [0.3, 0.4) is 0 Å². The van der Waals surface area contributed by atoms with Crippen molar-refractivity contribution in [2.75, 3.05) is 42.9 Å². The third-order valence-electron chi connectivity index (χ3n) is 5.14. The molecule has 8 nitrogen and oxygen atoms in total. The Labute approximate surface area is 161 Å². The number of fused-ring (bicyclic) bond motifs is 1. The number of nitro benzene ring substituents is 1. The third-order valence-corrected chi connectivity index (χ3v) is 7.03. The van der Waals surface area contributed by atoms with Crippen molar-refractivity contribution in [3.63, 3.8) is 0 Å². The van der Waals surface area contributed by atoms with Crippen LogP contribution in [0.4, 0.5) is 21.5 Å². The summed E-state index contributed by atoms with van der Waals surface area (Å²) in [5.41, 5.74) is 2.38. The standard InChI is InChI=1S/C18H19FN4O4S/c19-13-2-1-3-14(12-13)28(26,27)22-10-8-21(9-11-22)18-15-6-7-20-16(15)4-5-17(18)23(24)25/h1-5,12,20H,6-11H2. The molecule has 0 spiro atoms. The van der Waals surface area contributed by atoms with E-state index < -0.39 is 20.8 Å². The molecule has 0 bridgehead atoms. The molecule has 10 heteroatoms. The predicted octanol–water partition coefficient (Wildman–Crippen LogP) is 2.21. The van der Waals surface area contributed by atoms with Crippen LogP contribution in [-0.4, -0.2) is 50.4 Å². The maximum absolute atomic E-state index is 13.4. The van der Waals surface area contributed by atoms with Gasteiger partial charge >= 0.3 is 0 Å². The monoisotopic (exact) mass is 406 g/mol. The Kier molecular flexibility index (Phi) is 4.68. The summed E-state index contributed by atoms with van der Waals surface area (Å²) in [4.78, 5) is 12.9. The highest BCUT2D eigenvalue weighted by Crippen LogP contribution is 2.40. The van der Waals surface area contributed by atoms with Crippen molar-refractivity contribution in [1.82, 2.24) is 4.31 Å². The van der Waals surface area contributed by atoms with Crippen LogP contribution in [0.1, 0.15) is 5.56 Å². The van der Waals surface area contributed by atoms with Crippen molar-refractivity contribution in [3.05, 3.63) is 57.9 Å². The highest BCUT2D eigenvalue weighted by atomic mass is 32.2. The number of nitrogens with zero attached hydrogens (tertiary/aromatic N) is 3. The van der Waals surface area contributed by atoms with Crippen molar-refractivity contribution in [3.8, 4) is 0 Å². The summed E-state index contributed by atoms with van der Waals surface area (Å²) in [7, 11) is -3.81. The highest BCUT2D eigenvalue weighted by Gasteiger charge is 2.33. The lowest BCUT2D eigenvalue weighted by molar-refractivity contribution is -0.384. The number of piperazine rings is 1. The Hall–Kier alpha value is -2.72. The number of rotatable bonds is 4. The molecule has 0 aromatic heterocycles. The van der Waals surface area contributed by atoms with Gasteiger partial charge < -0.3 is 10.2 Å². The van der Waals surface area contributed by atoms with E-state index >= 15 is 0 Å². The summed E-state index contributed by atoms with van der Waals surface area (Å²) < 4.78 is 40.3. The number of nitrogens with one attached hydrogen (secondary N) is 1. The van der Waals surface area contributed by atoms with E-state index in [-0.39, 0.29) is 23.7 Å². The zero-order chi connectivity index (χ0) is 19.9. The van der Waals surface area contributed by atoms with E-state index in [4.69, 9.17) is 0 Å². The van der Waals surface area contributed by atoms with Gasteiger partial charge in [-0.25, -0.2) is 12.8 Å². The molecule has 28 heavy (non-hydrogen) atoms. The minimum Gasteiger partial charge on any atom is -0.384 e. The largest absolute Gasteiger partial charge is 0.384 e. The number of anilines is 2. The average Bonchev–Trinajstić information content (AvgIpc) is 3.16. The van der Waals surface area contributed by atoms with E-state index in [9.17, 15) is 22.9 Å². The van der Waals surface area contributed by atoms with E-state index in [1.54, 1.807) is 6.07 Å². The van der Waals surface area contributed by atoms with Gasteiger partial charge in [0.2, 0.25) is 10.0 Å². The SMILES string of the molecule is O=[N+]([O-])c1ccc2c(c1N1CCN(S(=O)(=O)c3cccc(F)c3)CC1)CCN2. The van der Waals surface area contributed by atoms with E-state index in [1.165, 1.54) is 28.6 Å². The van der Waals surface area contributed by atoms with Gasteiger partial charge in [0.15, 0.2) is 0 Å². The maximum atomic E-state index is 13.4. The van der Waals surface area contributed by atoms with Crippen LogP contribution < -0.4 is 10.2 Å². The van der Waals surface area contributed by atoms with Crippen LogP contribution in [0.5, 0.6) is 0 Å². The maximum Gasteiger partial charge on any atom is 0.292 e. The molecule has 2 aliphatic heterocycles. The molecule has 2 aromatic rings. The first-order valence-electron chi connectivity index (χ1n) is 8.93. The normalized spacial score (nSPS) is 17.2. The van der Waals surface area contributed by atoms with Crippen LogP contribution in [-0.2, 0) is 16.4 Å². The molecule has 0 atom stereocenters. The molecule has 2 aromatic carbocycles. The van der Waals surface area contributed by atoms with E-state index in [1.807, 2.05) is 4.90 Å². The van der Waals surface area contributed by atoms with Gasteiger partial charge in [0.05, 0.1) is 9.82 Å². The Balaban J connectivity index is 1.59. The predicted molar refractivity (Wildman–Crippen MR) is 103 cm³/mol. The number of hydrogen-bond donors (Lipinski definition) is 1. The van der Waals surface area contributed by atoms with Crippen LogP contribution in [0.2, 0.25) is 0 Å². The zero-order valence-electron chi connectivity index (χ0n) is 15.0. The molecule has 2 heterocycles. The molecule has 1 fully saturated rings. The fourth-order valence-electron chi connectivity index (χ4n) is 3.79. The molecule has 0 radical (unpaired) electrons. The van der Waals surface area contributed by atoms with Gasteiger partial charge in [0.25, 0.3) is 5.69 Å². The molecule has 0 unspecified atom stereocenters. The highest BCUT2D eigenvalue weighted by molar-refractivity contribution is 7.89. The molecule has 2 aliphatic rings. The molecular weight excluding hydrogens is 387 g/mol. The zero-order valence-corrected chi connectivity index (χ0v) is 15.8. The molecule has 0 saturated carbocycles. The minimum atomic E-state index is -3.81. The smallest absolute Gasteiger partial charge is 0.292 e. The van der Waals surface area contributed by atoms with E-state index in [0.29, 0.717) is 25.2 Å². The van der Waals surface area contributed by atoms with Crippen molar-refractivity contribution in [2.45, 2.75) is 11.3 Å². The van der Waals surface area contributed by atoms with Gasteiger partial charge in [-0.3, -0.25) is 10.1 Å². The summed E-state index contributed by atoms with van der Waals surface area (Å²) in [6.45, 7) is 1.72. The summed E-state index contributed by atoms with van der Waals surface area (Å²) in [6, 6.07) is 8.13. The molecule has 4 rings (SSSR count). The summed E-state index contributed by atoms with van der Waals surface area (Å²) in [5, 5.41) is 14.7. The number of halogens is 1. The van der Waals surface area contributed by atoms with E-state index in [0.717, 1.165) is 23.9 Å². The van der Waals surface area contributed by atoms with Crippen molar-refractivity contribution in [1.29, 1.82) is 0 Å². The van der Waals surface area contributed by atoms with Crippen LogP contribution >= 0.6 is 0 Å². The Morgan fingerprint density at radius 1 is 1.11 bits per heavy atom. The first-order valence-corrected chi connectivity index (χ1v) is 10.4. The third kappa shape index (κ3) is 3.18. The first kappa shape index (κ1) is 18.6. The summed E-state index contributed by atoms with van der Waals surface area (Å²) in [5.74, 6) is -0.609. The Morgan fingerprint density at radius 2 is 1.86 bits per heavy atom. The van der Waals surface area contributed by atoms with Crippen molar-refractivity contribution in [2.24, 2.45) is 0 Å². The second kappa shape index (κ2) is 7.02. The lowest BCUT2D eigenvalue weighted by atomic mass is 10.1. The number of sulfonamides is 1. The number of benzene rings is 2. The fraction of sp³-hybridized carbons (Fsp3) is 0.333. The Bertz CT molecular complexity index is 1040. The van der Waals surface area contributed by atoms with E-state index in [2.05, 4.69) is 5.32 Å². The van der Waals surface area contributed by atoms with Gasteiger partial charge in [0, 0.05) is 50.0 Å². The fourth-order valence-corrected chi connectivity index (χ4v) is 5.25. The van der Waals surface area contributed by atoms with Gasteiger partial charge in [0.1, 0.15) is 11.5 Å². The van der Waals surface area contributed by atoms with Crippen LogP contribution in [0.15, 0.2) is 41.3 Å². The lowest BCUT2D eigenvalue weighted by Gasteiger charge is -2.35. The Morgan fingerprint density at radius 3 is 2.54 bits per heavy atom. The molecule has 1 saturated heterocycles. The van der Waals surface area contributed by atoms with Gasteiger partial charge in [-0.15, -0.1) is 0 Å². The molecule has 148 valence electrons. The number of nitro groups is 1.